The van der Waals surface area contributed by atoms with E-state index in [2.05, 4.69) is 26.1 Å². The molecule has 0 atom stereocenters. The first-order chi connectivity index (χ1) is 6.29. The first-order valence-corrected chi connectivity index (χ1v) is 4.37. The molecule has 0 unspecified atom stereocenters. The number of halogens is 1. The quantitative estimate of drug-likeness (QED) is 0.866. The summed E-state index contributed by atoms with van der Waals surface area (Å²) in [7, 11) is 0. The van der Waals surface area contributed by atoms with Gasteiger partial charge in [-0.2, -0.15) is 0 Å². The van der Waals surface area contributed by atoms with Crippen LogP contribution in [0.2, 0.25) is 0 Å². The third kappa shape index (κ3) is 1.63. The van der Waals surface area contributed by atoms with Crippen molar-refractivity contribution in [3.8, 4) is 11.7 Å². The molecule has 0 aliphatic rings. The number of nitrogens with two attached hydrogens (primary N) is 1. The highest BCUT2D eigenvalue weighted by Crippen LogP contribution is 2.23. The van der Waals surface area contributed by atoms with E-state index in [1.807, 2.05) is 0 Å². The van der Waals surface area contributed by atoms with Crippen LogP contribution in [0.15, 0.2) is 25.6 Å². The van der Waals surface area contributed by atoms with Crippen molar-refractivity contribution in [2.75, 3.05) is 0 Å². The number of hydrogen-bond donors (Lipinski definition) is 1. The largest absolute Gasteiger partial charge is 0.444 e. The standard InChI is InChI=1S/C7H6BrN3O2/c8-5-2-1-4(12-5)7-11-10-6(3-9)13-7/h1-2H,3,9H2. The molecule has 0 amide bonds. The van der Waals surface area contributed by atoms with Crippen LogP contribution in [0.5, 0.6) is 0 Å². The number of aromatic nitrogens is 2. The highest BCUT2D eigenvalue weighted by Gasteiger charge is 2.10. The average Bonchev–Trinajstić information content (AvgIpc) is 2.71. The van der Waals surface area contributed by atoms with E-state index in [1.165, 1.54) is 0 Å². The molecule has 2 N–H and O–H groups in total. The molecule has 0 bridgehead atoms. The van der Waals surface area contributed by atoms with Gasteiger partial charge in [-0.05, 0) is 28.1 Å². The van der Waals surface area contributed by atoms with E-state index >= 15 is 0 Å². The minimum absolute atomic E-state index is 0.231. The third-order valence-electron chi connectivity index (χ3n) is 1.43. The molecule has 2 aromatic heterocycles. The predicted octanol–water partition coefficient (Wildman–Crippen LogP) is 1.55. The van der Waals surface area contributed by atoms with Crippen molar-refractivity contribution in [3.63, 3.8) is 0 Å². The minimum atomic E-state index is 0.231. The Morgan fingerprint density at radius 2 is 2.15 bits per heavy atom. The summed E-state index contributed by atoms with van der Waals surface area (Å²) in [6.07, 6.45) is 0. The molecular formula is C7H6BrN3O2. The summed E-state index contributed by atoms with van der Waals surface area (Å²) < 4.78 is 11.0. The monoisotopic (exact) mass is 243 g/mol. The second-order valence-corrected chi connectivity index (χ2v) is 3.09. The van der Waals surface area contributed by atoms with Crippen molar-refractivity contribution < 1.29 is 8.83 Å². The second kappa shape index (κ2) is 3.31. The molecule has 2 heterocycles. The summed E-state index contributed by atoms with van der Waals surface area (Å²) >= 11 is 3.17. The Morgan fingerprint density at radius 3 is 2.69 bits per heavy atom. The fraction of sp³-hybridized carbons (Fsp3) is 0.143. The third-order valence-corrected chi connectivity index (χ3v) is 1.85. The van der Waals surface area contributed by atoms with Gasteiger partial charge >= 0.3 is 0 Å². The van der Waals surface area contributed by atoms with Gasteiger partial charge in [0.1, 0.15) is 0 Å². The highest BCUT2D eigenvalue weighted by molar-refractivity contribution is 9.10. The molecule has 0 radical (unpaired) electrons. The van der Waals surface area contributed by atoms with E-state index in [4.69, 9.17) is 14.6 Å². The van der Waals surface area contributed by atoms with E-state index in [-0.39, 0.29) is 6.54 Å². The SMILES string of the molecule is NCc1nnc(-c2ccc(Br)o2)o1. The lowest BCUT2D eigenvalue weighted by molar-refractivity contribution is 0.475. The van der Waals surface area contributed by atoms with E-state index in [9.17, 15) is 0 Å². The maximum atomic E-state index is 5.31. The van der Waals surface area contributed by atoms with Crippen molar-refractivity contribution >= 4 is 15.9 Å². The molecule has 0 aliphatic carbocycles. The van der Waals surface area contributed by atoms with Crippen LogP contribution in [0.1, 0.15) is 5.89 Å². The lowest BCUT2D eigenvalue weighted by Crippen LogP contribution is -1.95. The maximum Gasteiger partial charge on any atom is 0.283 e. The van der Waals surface area contributed by atoms with Crippen LogP contribution in [0.25, 0.3) is 11.7 Å². The van der Waals surface area contributed by atoms with Crippen molar-refractivity contribution in [3.05, 3.63) is 22.7 Å². The lowest BCUT2D eigenvalue weighted by atomic mass is 10.5. The molecule has 0 saturated heterocycles. The Kier molecular flexibility index (Phi) is 2.15. The molecule has 2 aromatic rings. The van der Waals surface area contributed by atoms with E-state index in [1.54, 1.807) is 12.1 Å². The molecule has 2 rings (SSSR count). The van der Waals surface area contributed by atoms with Crippen molar-refractivity contribution in [2.24, 2.45) is 5.73 Å². The van der Waals surface area contributed by atoms with Gasteiger partial charge in [-0.15, -0.1) is 10.2 Å². The zero-order chi connectivity index (χ0) is 9.26. The van der Waals surface area contributed by atoms with E-state index in [0.29, 0.717) is 22.2 Å². The average molecular weight is 244 g/mol. The Morgan fingerprint density at radius 1 is 1.31 bits per heavy atom. The first-order valence-electron chi connectivity index (χ1n) is 3.58. The fourth-order valence-corrected chi connectivity index (χ4v) is 1.17. The summed E-state index contributed by atoms with van der Waals surface area (Å²) in [4.78, 5) is 0. The van der Waals surface area contributed by atoms with E-state index in [0.717, 1.165) is 0 Å². The number of hydrogen-bond acceptors (Lipinski definition) is 5. The van der Waals surface area contributed by atoms with Crippen LogP contribution in [-0.4, -0.2) is 10.2 Å². The molecule has 0 aliphatic heterocycles. The molecular weight excluding hydrogens is 238 g/mol. The van der Waals surface area contributed by atoms with Crippen molar-refractivity contribution in [1.29, 1.82) is 0 Å². The smallest absolute Gasteiger partial charge is 0.283 e. The first kappa shape index (κ1) is 8.46. The van der Waals surface area contributed by atoms with Gasteiger partial charge in [0.25, 0.3) is 5.89 Å². The minimum Gasteiger partial charge on any atom is -0.444 e. The summed E-state index contributed by atoms with van der Waals surface area (Å²) in [6.45, 7) is 0.231. The van der Waals surface area contributed by atoms with Crippen LogP contribution in [0, 0.1) is 0 Å². The van der Waals surface area contributed by atoms with Crippen LogP contribution < -0.4 is 5.73 Å². The van der Waals surface area contributed by atoms with Gasteiger partial charge in [0, 0.05) is 0 Å². The Balaban J connectivity index is 2.35. The van der Waals surface area contributed by atoms with Crippen LogP contribution in [-0.2, 0) is 6.54 Å². The van der Waals surface area contributed by atoms with E-state index < -0.39 is 0 Å². The normalized spacial score (nSPS) is 10.6. The van der Waals surface area contributed by atoms with Crippen LogP contribution in [0.4, 0.5) is 0 Å². The zero-order valence-electron chi connectivity index (χ0n) is 6.53. The Hall–Kier alpha value is -1.14. The molecule has 5 nitrogen and oxygen atoms in total. The van der Waals surface area contributed by atoms with Crippen molar-refractivity contribution in [2.45, 2.75) is 6.54 Å². The van der Waals surface area contributed by atoms with Crippen LogP contribution in [0.3, 0.4) is 0 Å². The molecule has 6 heteroatoms. The lowest BCUT2D eigenvalue weighted by Gasteiger charge is -1.85. The van der Waals surface area contributed by atoms with Crippen molar-refractivity contribution in [1.82, 2.24) is 10.2 Å². The zero-order valence-corrected chi connectivity index (χ0v) is 8.11. The highest BCUT2D eigenvalue weighted by atomic mass is 79.9. The summed E-state index contributed by atoms with van der Waals surface area (Å²) in [6, 6.07) is 3.49. The molecule has 0 fully saturated rings. The van der Waals surface area contributed by atoms with Gasteiger partial charge in [-0.25, -0.2) is 0 Å². The molecule has 13 heavy (non-hydrogen) atoms. The van der Waals surface area contributed by atoms with Gasteiger partial charge in [-0.3, -0.25) is 0 Å². The number of furan rings is 1. The molecule has 68 valence electrons. The summed E-state index contributed by atoms with van der Waals surface area (Å²) in [5.41, 5.74) is 5.31. The predicted molar refractivity (Wildman–Crippen MR) is 47.6 cm³/mol. The topological polar surface area (TPSA) is 78.1 Å². The van der Waals surface area contributed by atoms with Gasteiger partial charge in [0.15, 0.2) is 10.4 Å². The maximum absolute atomic E-state index is 5.31. The summed E-state index contributed by atoms with van der Waals surface area (Å²) in [5.74, 6) is 1.26. The van der Waals surface area contributed by atoms with Gasteiger partial charge in [-0.1, -0.05) is 0 Å². The molecule has 0 saturated carbocycles. The Labute approximate surface area is 82.1 Å². The number of nitrogens with zero attached hydrogens (tertiary/aromatic N) is 2. The van der Waals surface area contributed by atoms with Crippen LogP contribution >= 0.6 is 15.9 Å². The Bertz CT molecular complexity index is 409. The van der Waals surface area contributed by atoms with Gasteiger partial charge < -0.3 is 14.6 Å². The summed E-state index contributed by atoms with van der Waals surface area (Å²) in [5, 5.41) is 7.46. The fourth-order valence-electron chi connectivity index (χ4n) is 0.865. The van der Waals surface area contributed by atoms with Gasteiger partial charge in [0.05, 0.1) is 6.54 Å². The van der Waals surface area contributed by atoms with Gasteiger partial charge in [0.2, 0.25) is 5.89 Å². The second-order valence-electron chi connectivity index (χ2n) is 2.31. The molecule has 0 aromatic carbocycles. The number of rotatable bonds is 2. The molecule has 0 spiro atoms.